The van der Waals surface area contributed by atoms with Crippen LogP contribution in [0.4, 0.5) is 0 Å². The Labute approximate surface area is 175 Å². The summed E-state index contributed by atoms with van der Waals surface area (Å²) < 4.78 is 5.71. The molecule has 2 aromatic carbocycles. The molecule has 5 nitrogen and oxygen atoms in total. The molecule has 0 aromatic heterocycles. The summed E-state index contributed by atoms with van der Waals surface area (Å²) in [4.78, 5) is 26.5. The van der Waals surface area contributed by atoms with Gasteiger partial charge >= 0.3 is 0 Å². The fourth-order valence-electron chi connectivity index (χ4n) is 2.81. The summed E-state index contributed by atoms with van der Waals surface area (Å²) in [5, 5.41) is 3.51. The minimum Gasteiger partial charge on any atom is -0.483 e. The summed E-state index contributed by atoms with van der Waals surface area (Å²) in [6.45, 7) is 5.56. The molecule has 0 spiro atoms. The molecule has 2 aromatic rings. The summed E-state index contributed by atoms with van der Waals surface area (Å²) in [7, 11) is 1.53. The van der Waals surface area contributed by atoms with E-state index in [1.807, 2.05) is 32.0 Å². The van der Waals surface area contributed by atoms with E-state index in [2.05, 4.69) is 5.32 Å². The second-order valence-electron chi connectivity index (χ2n) is 6.61. The van der Waals surface area contributed by atoms with E-state index in [-0.39, 0.29) is 25.0 Å². The Hall–Kier alpha value is -2.24. The van der Waals surface area contributed by atoms with E-state index >= 15 is 0 Å². The van der Waals surface area contributed by atoms with Gasteiger partial charge in [-0.15, -0.1) is 0 Å². The van der Waals surface area contributed by atoms with Crippen molar-refractivity contribution in [2.45, 2.75) is 33.4 Å². The molecule has 2 amide bonds. The average molecular weight is 423 g/mol. The van der Waals surface area contributed by atoms with Gasteiger partial charge in [0.15, 0.2) is 6.61 Å². The molecule has 0 bridgehead atoms. The van der Waals surface area contributed by atoms with Gasteiger partial charge in [-0.2, -0.15) is 0 Å². The van der Waals surface area contributed by atoms with Crippen LogP contribution in [0.15, 0.2) is 36.4 Å². The molecular weight excluding hydrogens is 399 g/mol. The number of halogens is 2. The average Bonchev–Trinajstić information content (AvgIpc) is 2.65. The lowest BCUT2D eigenvalue weighted by atomic mass is 10.1. The normalized spacial score (nSPS) is 11.6. The predicted octanol–water partition coefficient (Wildman–Crippen LogP) is 4.15. The molecule has 1 atom stereocenters. The van der Waals surface area contributed by atoms with Crippen molar-refractivity contribution >= 4 is 35.0 Å². The van der Waals surface area contributed by atoms with E-state index in [0.717, 1.165) is 11.1 Å². The van der Waals surface area contributed by atoms with Gasteiger partial charge < -0.3 is 15.0 Å². The van der Waals surface area contributed by atoms with Crippen LogP contribution in [-0.2, 0) is 16.1 Å². The van der Waals surface area contributed by atoms with Crippen molar-refractivity contribution in [1.82, 2.24) is 10.2 Å². The van der Waals surface area contributed by atoms with Crippen molar-refractivity contribution in [2.75, 3.05) is 13.7 Å². The van der Waals surface area contributed by atoms with Crippen LogP contribution in [-0.4, -0.2) is 36.4 Å². The maximum atomic E-state index is 12.9. The van der Waals surface area contributed by atoms with Crippen LogP contribution in [0.2, 0.25) is 10.0 Å². The lowest BCUT2D eigenvalue weighted by Gasteiger charge is -2.28. The highest BCUT2D eigenvalue weighted by Crippen LogP contribution is 2.24. The zero-order valence-corrected chi connectivity index (χ0v) is 17.9. The molecule has 28 heavy (non-hydrogen) atoms. The first kappa shape index (κ1) is 22.1. The molecule has 0 radical (unpaired) electrons. The van der Waals surface area contributed by atoms with E-state index in [0.29, 0.717) is 21.4 Å². The van der Waals surface area contributed by atoms with Gasteiger partial charge in [-0.3, -0.25) is 9.59 Å². The standard InChI is InChI=1S/C21H24Cl2N2O3/c1-13-5-8-19(14(2)9-13)28-12-20(26)25(15(3)21(27)24-4)11-16-6-7-17(22)10-18(16)23/h5-10,15H,11-12H2,1-4H3,(H,24,27)/t15-/m1/s1. The monoisotopic (exact) mass is 422 g/mol. The molecule has 0 aliphatic heterocycles. The van der Waals surface area contributed by atoms with E-state index in [1.54, 1.807) is 25.1 Å². The summed E-state index contributed by atoms with van der Waals surface area (Å²) in [5.74, 6) is 0.0445. The number of hydrogen-bond acceptors (Lipinski definition) is 3. The van der Waals surface area contributed by atoms with Gasteiger partial charge in [0.05, 0.1) is 0 Å². The van der Waals surface area contributed by atoms with Gasteiger partial charge in [0.25, 0.3) is 5.91 Å². The number of carbonyl (C=O) groups is 2. The molecule has 7 heteroatoms. The first-order valence-corrected chi connectivity index (χ1v) is 9.63. The molecule has 0 aliphatic rings. The topological polar surface area (TPSA) is 58.6 Å². The second-order valence-corrected chi connectivity index (χ2v) is 7.45. The van der Waals surface area contributed by atoms with Crippen molar-refractivity contribution in [3.8, 4) is 5.75 Å². The molecule has 0 unspecified atom stereocenters. The summed E-state index contributed by atoms with van der Waals surface area (Å²) in [6.07, 6.45) is 0. The van der Waals surface area contributed by atoms with Gasteiger partial charge in [-0.05, 0) is 50.1 Å². The third-order valence-electron chi connectivity index (χ3n) is 4.45. The number of rotatable bonds is 7. The molecule has 0 fully saturated rings. The first-order chi connectivity index (χ1) is 13.2. The quantitative estimate of drug-likeness (QED) is 0.728. The Morgan fingerprint density at radius 2 is 1.86 bits per heavy atom. The van der Waals surface area contributed by atoms with Crippen LogP contribution < -0.4 is 10.1 Å². The number of likely N-dealkylation sites (N-methyl/N-ethyl adjacent to an activating group) is 1. The highest BCUT2D eigenvalue weighted by atomic mass is 35.5. The minimum atomic E-state index is -0.688. The Bertz CT molecular complexity index is 871. The zero-order chi connectivity index (χ0) is 20.8. The molecule has 0 saturated heterocycles. The SMILES string of the molecule is CNC(=O)[C@@H](C)N(Cc1ccc(Cl)cc1Cl)C(=O)COc1ccc(C)cc1C. The number of nitrogens with one attached hydrogen (secondary N) is 1. The summed E-state index contributed by atoms with van der Waals surface area (Å²) >= 11 is 12.2. The largest absolute Gasteiger partial charge is 0.483 e. The Balaban J connectivity index is 2.19. The first-order valence-electron chi connectivity index (χ1n) is 8.88. The highest BCUT2D eigenvalue weighted by Gasteiger charge is 2.26. The van der Waals surface area contributed by atoms with E-state index in [1.165, 1.54) is 11.9 Å². The molecule has 0 heterocycles. The molecule has 1 N–H and O–H groups in total. The minimum absolute atomic E-state index is 0.166. The van der Waals surface area contributed by atoms with Crippen molar-refractivity contribution in [1.29, 1.82) is 0 Å². The van der Waals surface area contributed by atoms with Crippen molar-refractivity contribution in [2.24, 2.45) is 0 Å². The third kappa shape index (κ3) is 5.63. The molecule has 0 aliphatic carbocycles. The molecular formula is C21H24Cl2N2O3. The number of ether oxygens (including phenoxy) is 1. The molecule has 2 rings (SSSR count). The van der Waals surface area contributed by atoms with Crippen LogP contribution in [0.5, 0.6) is 5.75 Å². The van der Waals surface area contributed by atoms with Crippen LogP contribution in [0, 0.1) is 13.8 Å². The molecule has 150 valence electrons. The molecule has 0 saturated carbocycles. The van der Waals surface area contributed by atoms with Crippen molar-refractivity contribution in [3.63, 3.8) is 0 Å². The van der Waals surface area contributed by atoms with E-state index < -0.39 is 6.04 Å². The van der Waals surface area contributed by atoms with Crippen molar-refractivity contribution in [3.05, 3.63) is 63.1 Å². The van der Waals surface area contributed by atoms with Gasteiger partial charge in [0.1, 0.15) is 11.8 Å². The van der Waals surface area contributed by atoms with E-state index in [9.17, 15) is 9.59 Å². The van der Waals surface area contributed by atoms with Crippen LogP contribution in [0.25, 0.3) is 0 Å². The lowest BCUT2D eigenvalue weighted by molar-refractivity contribution is -0.142. The number of nitrogens with zero attached hydrogens (tertiary/aromatic N) is 1. The zero-order valence-electron chi connectivity index (χ0n) is 16.4. The fraction of sp³-hybridized carbons (Fsp3) is 0.333. The Morgan fingerprint density at radius 3 is 2.46 bits per heavy atom. The lowest BCUT2D eigenvalue weighted by Crippen LogP contribution is -2.48. The number of aryl methyl sites for hydroxylation is 2. The van der Waals surface area contributed by atoms with Gasteiger partial charge in [0, 0.05) is 23.6 Å². The maximum Gasteiger partial charge on any atom is 0.261 e. The van der Waals surface area contributed by atoms with Crippen LogP contribution in [0.1, 0.15) is 23.6 Å². The highest BCUT2D eigenvalue weighted by molar-refractivity contribution is 6.35. The number of carbonyl (C=O) groups excluding carboxylic acids is 2. The smallest absolute Gasteiger partial charge is 0.261 e. The fourth-order valence-corrected chi connectivity index (χ4v) is 3.28. The summed E-state index contributed by atoms with van der Waals surface area (Å²) in [6, 6.07) is 10.1. The predicted molar refractivity (Wildman–Crippen MR) is 112 cm³/mol. The van der Waals surface area contributed by atoms with Crippen molar-refractivity contribution < 1.29 is 14.3 Å². The number of hydrogen-bond donors (Lipinski definition) is 1. The summed E-state index contributed by atoms with van der Waals surface area (Å²) in [5.41, 5.74) is 2.75. The Kier molecular flexibility index (Phi) is 7.72. The van der Waals surface area contributed by atoms with Crippen LogP contribution >= 0.6 is 23.2 Å². The maximum absolute atomic E-state index is 12.9. The number of amides is 2. The van der Waals surface area contributed by atoms with E-state index in [4.69, 9.17) is 27.9 Å². The van der Waals surface area contributed by atoms with Gasteiger partial charge in [-0.25, -0.2) is 0 Å². The number of benzene rings is 2. The third-order valence-corrected chi connectivity index (χ3v) is 5.04. The Morgan fingerprint density at radius 1 is 1.14 bits per heavy atom. The van der Waals surface area contributed by atoms with Gasteiger partial charge in [0.2, 0.25) is 5.91 Å². The van der Waals surface area contributed by atoms with Crippen LogP contribution in [0.3, 0.4) is 0 Å². The second kappa shape index (κ2) is 9.80. The van der Waals surface area contributed by atoms with Gasteiger partial charge in [-0.1, -0.05) is 47.0 Å².